The number of benzene rings is 2. The van der Waals surface area contributed by atoms with Crippen LogP contribution in [0.5, 0.6) is 11.5 Å². The van der Waals surface area contributed by atoms with Gasteiger partial charge in [-0.3, -0.25) is 0 Å². The molecule has 0 unspecified atom stereocenters. The van der Waals surface area contributed by atoms with Crippen molar-refractivity contribution in [2.45, 2.75) is 23.1 Å². The van der Waals surface area contributed by atoms with Crippen molar-refractivity contribution in [3.63, 3.8) is 0 Å². The van der Waals surface area contributed by atoms with Crippen LogP contribution in [0, 0.1) is 0 Å². The molecule has 0 amide bonds. The lowest BCUT2D eigenvalue weighted by atomic mass is 10.2. The molecule has 0 N–H and O–H groups in total. The van der Waals surface area contributed by atoms with E-state index in [1.165, 1.54) is 35.0 Å². The minimum absolute atomic E-state index is 0.00388. The van der Waals surface area contributed by atoms with Gasteiger partial charge in [0.25, 0.3) is 0 Å². The van der Waals surface area contributed by atoms with Gasteiger partial charge in [0.15, 0.2) is 0 Å². The largest absolute Gasteiger partial charge is 0.497 e. The Morgan fingerprint density at radius 1 is 0.800 bits per heavy atom. The molecule has 1 aliphatic rings. The first kappa shape index (κ1) is 22.5. The normalized spacial score (nSPS) is 16.4. The predicted molar refractivity (Wildman–Crippen MR) is 113 cm³/mol. The van der Waals surface area contributed by atoms with Crippen molar-refractivity contribution in [2.24, 2.45) is 0 Å². The van der Waals surface area contributed by atoms with Crippen molar-refractivity contribution in [1.29, 1.82) is 0 Å². The number of rotatable bonds is 7. The molecular formula is C20H26N2O6S2. The summed E-state index contributed by atoms with van der Waals surface area (Å²) in [5.41, 5.74) is 1.05. The fourth-order valence-corrected chi connectivity index (χ4v) is 6.34. The quantitative estimate of drug-likeness (QED) is 0.635. The van der Waals surface area contributed by atoms with Crippen LogP contribution in [0.3, 0.4) is 0 Å². The van der Waals surface area contributed by atoms with Gasteiger partial charge in [-0.05, 0) is 36.2 Å². The first-order valence-corrected chi connectivity index (χ1v) is 12.4. The Balaban J connectivity index is 1.79. The third-order valence-electron chi connectivity index (χ3n) is 5.16. The van der Waals surface area contributed by atoms with Gasteiger partial charge < -0.3 is 9.47 Å². The molecule has 0 atom stereocenters. The van der Waals surface area contributed by atoms with Gasteiger partial charge in [-0.15, -0.1) is 0 Å². The molecule has 0 bridgehead atoms. The smallest absolute Gasteiger partial charge is 0.246 e. The minimum atomic E-state index is -3.87. The van der Waals surface area contributed by atoms with Gasteiger partial charge in [-0.2, -0.15) is 8.61 Å². The molecule has 0 saturated carbocycles. The summed E-state index contributed by atoms with van der Waals surface area (Å²) in [7, 11) is -4.70. The average molecular weight is 455 g/mol. The highest BCUT2D eigenvalue weighted by Gasteiger charge is 2.35. The zero-order valence-electron chi connectivity index (χ0n) is 17.2. The Labute approximate surface area is 178 Å². The third-order valence-corrected chi connectivity index (χ3v) is 8.99. The van der Waals surface area contributed by atoms with Crippen molar-refractivity contribution in [1.82, 2.24) is 8.61 Å². The van der Waals surface area contributed by atoms with E-state index in [0.29, 0.717) is 5.75 Å². The molecule has 0 aliphatic carbocycles. The number of aryl methyl sites for hydroxylation is 1. The van der Waals surface area contributed by atoms with Crippen LogP contribution in [0.2, 0.25) is 0 Å². The first-order chi connectivity index (χ1) is 14.2. The highest BCUT2D eigenvalue weighted by molar-refractivity contribution is 7.89. The highest BCUT2D eigenvalue weighted by Crippen LogP contribution is 2.31. The summed E-state index contributed by atoms with van der Waals surface area (Å²) in [6.45, 7) is 2.25. The van der Waals surface area contributed by atoms with Crippen molar-refractivity contribution >= 4 is 20.0 Å². The molecular weight excluding hydrogens is 428 g/mol. The number of hydrogen-bond acceptors (Lipinski definition) is 6. The number of hydrogen-bond donors (Lipinski definition) is 0. The van der Waals surface area contributed by atoms with Crippen LogP contribution in [0.15, 0.2) is 52.3 Å². The molecule has 1 heterocycles. The Morgan fingerprint density at radius 3 is 1.87 bits per heavy atom. The van der Waals surface area contributed by atoms with E-state index in [9.17, 15) is 16.8 Å². The Morgan fingerprint density at radius 2 is 1.37 bits per heavy atom. The number of ether oxygens (including phenoxy) is 2. The van der Waals surface area contributed by atoms with E-state index in [4.69, 9.17) is 9.47 Å². The molecule has 1 saturated heterocycles. The van der Waals surface area contributed by atoms with Gasteiger partial charge in [-0.1, -0.05) is 19.1 Å². The van der Waals surface area contributed by atoms with Gasteiger partial charge in [0.2, 0.25) is 20.0 Å². The summed E-state index contributed by atoms with van der Waals surface area (Å²) < 4.78 is 65.1. The van der Waals surface area contributed by atoms with Crippen LogP contribution in [-0.4, -0.2) is 65.8 Å². The molecule has 0 spiro atoms. The predicted octanol–water partition coefficient (Wildman–Crippen LogP) is 1.96. The molecule has 2 aromatic carbocycles. The van der Waals surface area contributed by atoms with Crippen molar-refractivity contribution in [3.8, 4) is 11.5 Å². The van der Waals surface area contributed by atoms with E-state index in [-0.39, 0.29) is 41.7 Å². The summed E-state index contributed by atoms with van der Waals surface area (Å²) in [5, 5.41) is 0. The fraction of sp³-hybridized carbons (Fsp3) is 0.400. The van der Waals surface area contributed by atoms with Crippen LogP contribution < -0.4 is 9.47 Å². The second-order valence-electron chi connectivity index (χ2n) is 6.82. The average Bonchev–Trinajstić information content (AvgIpc) is 2.78. The van der Waals surface area contributed by atoms with Gasteiger partial charge in [-0.25, -0.2) is 16.8 Å². The van der Waals surface area contributed by atoms with Crippen LogP contribution in [0.4, 0.5) is 0 Å². The number of piperazine rings is 1. The lowest BCUT2D eigenvalue weighted by Gasteiger charge is -2.33. The third kappa shape index (κ3) is 4.31. The molecule has 164 valence electrons. The molecule has 1 fully saturated rings. The van der Waals surface area contributed by atoms with Crippen molar-refractivity contribution < 1.29 is 26.3 Å². The number of methoxy groups -OCH3 is 2. The Hall–Kier alpha value is -2.14. The van der Waals surface area contributed by atoms with Gasteiger partial charge in [0.05, 0.1) is 19.1 Å². The summed E-state index contributed by atoms with van der Waals surface area (Å²) in [6, 6.07) is 11.3. The zero-order valence-corrected chi connectivity index (χ0v) is 18.9. The van der Waals surface area contributed by atoms with Crippen molar-refractivity contribution in [2.75, 3.05) is 40.4 Å². The molecule has 10 heteroatoms. The van der Waals surface area contributed by atoms with Gasteiger partial charge in [0.1, 0.15) is 16.4 Å². The first-order valence-electron chi connectivity index (χ1n) is 9.55. The van der Waals surface area contributed by atoms with E-state index in [1.807, 2.05) is 6.92 Å². The lowest BCUT2D eigenvalue weighted by molar-refractivity contribution is 0.272. The van der Waals surface area contributed by atoms with Gasteiger partial charge >= 0.3 is 0 Å². The van der Waals surface area contributed by atoms with Crippen molar-refractivity contribution in [3.05, 3.63) is 48.0 Å². The second-order valence-corrected chi connectivity index (χ2v) is 10.7. The van der Waals surface area contributed by atoms with Crippen LogP contribution in [0.1, 0.15) is 12.5 Å². The Kier molecular flexibility index (Phi) is 6.71. The molecule has 3 rings (SSSR count). The molecule has 1 aliphatic heterocycles. The van der Waals surface area contributed by atoms with E-state index in [0.717, 1.165) is 12.0 Å². The van der Waals surface area contributed by atoms with E-state index >= 15 is 0 Å². The summed E-state index contributed by atoms with van der Waals surface area (Å²) in [5.74, 6) is 0.605. The number of sulfonamides is 2. The van der Waals surface area contributed by atoms with Crippen LogP contribution >= 0.6 is 0 Å². The SMILES string of the molecule is CCc1ccc(S(=O)(=O)N2CCN(S(=O)(=O)c3cc(OC)ccc3OC)CC2)cc1. The molecule has 30 heavy (non-hydrogen) atoms. The van der Waals surface area contributed by atoms with E-state index in [2.05, 4.69) is 0 Å². The van der Waals surface area contributed by atoms with Crippen LogP contribution in [0.25, 0.3) is 0 Å². The van der Waals surface area contributed by atoms with E-state index in [1.54, 1.807) is 30.3 Å². The number of nitrogens with zero attached hydrogens (tertiary/aromatic N) is 2. The molecule has 8 nitrogen and oxygen atoms in total. The topological polar surface area (TPSA) is 93.2 Å². The molecule has 2 aromatic rings. The maximum absolute atomic E-state index is 13.2. The molecule has 0 aromatic heterocycles. The monoisotopic (exact) mass is 454 g/mol. The standard InChI is InChI=1S/C20H26N2O6S2/c1-4-16-5-8-18(9-6-16)29(23,24)21-11-13-22(14-12-21)30(25,26)20-15-17(27-2)7-10-19(20)28-3/h5-10,15H,4,11-14H2,1-3H3. The second kappa shape index (κ2) is 8.93. The maximum Gasteiger partial charge on any atom is 0.246 e. The molecule has 0 radical (unpaired) electrons. The van der Waals surface area contributed by atoms with Crippen LogP contribution in [-0.2, 0) is 26.5 Å². The maximum atomic E-state index is 13.2. The zero-order chi connectivity index (χ0) is 21.9. The fourth-order valence-electron chi connectivity index (χ4n) is 3.32. The summed E-state index contributed by atoms with van der Waals surface area (Å²) in [6.07, 6.45) is 0.824. The lowest BCUT2D eigenvalue weighted by Crippen LogP contribution is -2.50. The summed E-state index contributed by atoms with van der Waals surface area (Å²) in [4.78, 5) is 0.210. The Bertz CT molecular complexity index is 1090. The van der Waals surface area contributed by atoms with E-state index < -0.39 is 20.0 Å². The summed E-state index contributed by atoms with van der Waals surface area (Å²) >= 11 is 0. The minimum Gasteiger partial charge on any atom is -0.497 e. The van der Waals surface area contributed by atoms with Gasteiger partial charge in [0, 0.05) is 32.2 Å². The highest BCUT2D eigenvalue weighted by atomic mass is 32.2.